The molecule has 3 rings (SSSR count). The third-order valence-corrected chi connectivity index (χ3v) is 3.86. The Labute approximate surface area is 108 Å². The maximum absolute atomic E-state index is 12.9. The summed E-state index contributed by atoms with van der Waals surface area (Å²) in [7, 11) is 1.55. The molecule has 1 atom stereocenters. The number of hydrogen-bond acceptors (Lipinski definition) is 1. The predicted octanol–water partition coefficient (Wildman–Crippen LogP) is 3.84. The smallest absolute Gasteiger partial charge is 0.392 e. The van der Waals surface area contributed by atoms with Crippen molar-refractivity contribution in [2.24, 2.45) is 5.92 Å². The Morgan fingerprint density at radius 3 is 2.79 bits per heavy atom. The van der Waals surface area contributed by atoms with Crippen molar-refractivity contribution in [3.05, 3.63) is 29.5 Å². The van der Waals surface area contributed by atoms with Gasteiger partial charge in [-0.25, -0.2) is 0 Å². The monoisotopic (exact) mass is 269 g/mol. The van der Waals surface area contributed by atoms with Crippen LogP contribution < -0.4 is 4.74 Å². The van der Waals surface area contributed by atoms with Crippen LogP contribution in [-0.2, 0) is 12.8 Å². The Balaban J connectivity index is 2.07. The minimum absolute atomic E-state index is 0.0615. The lowest BCUT2D eigenvalue weighted by Gasteiger charge is -2.24. The zero-order valence-corrected chi connectivity index (χ0v) is 10.5. The molecule has 0 aliphatic heterocycles. The molecule has 1 N–H and O–H groups in total. The molecule has 1 aliphatic rings. The molecule has 1 aromatic heterocycles. The van der Waals surface area contributed by atoms with Gasteiger partial charge in [0.2, 0.25) is 0 Å². The summed E-state index contributed by atoms with van der Waals surface area (Å²) < 4.78 is 43.7. The molecule has 0 saturated carbocycles. The van der Waals surface area contributed by atoms with E-state index in [4.69, 9.17) is 4.74 Å². The van der Waals surface area contributed by atoms with Crippen LogP contribution in [0.3, 0.4) is 0 Å². The van der Waals surface area contributed by atoms with Gasteiger partial charge in [0.1, 0.15) is 5.75 Å². The molecule has 0 bridgehead atoms. The zero-order valence-electron chi connectivity index (χ0n) is 10.5. The van der Waals surface area contributed by atoms with Crippen LogP contribution in [0.1, 0.15) is 17.7 Å². The third-order valence-electron chi connectivity index (χ3n) is 3.86. The number of aryl methyl sites for hydroxylation is 1. The van der Waals surface area contributed by atoms with Crippen molar-refractivity contribution >= 4 is 10.9 Å². The van der Waals surface area contributed by atoms with Gasteiger partial charge < -0.3 is 9.72 Å². The van der Waals surface area contributed by atoms with E-state index in [1.807, 2.05) is 18.2 Å². The molecular weight excluding hydrogens is 255 g/mol. The number of benzene rings is 1. The minimum Gasteiger partial charge on any atom is -0.497 e. The number of alkyl halides is 3. The van der Waals surface area contributed by atoms with Crippen molar-refractivity contribution in [3.63, 3.8) is 0 Å². The molecule has 1 aliphatic carbocycles. The Kier molecular flexibility index (Phi) is 2.73. The van der Waals surface area contributed by atoms with E-state index in [1.165, 1.54) is 0 Å². The van der Waals surface area contributed by atoms with E-state index in [9.17, 15) is 13.2 Å². The van der Waals surface area contributed by atoms with Gasteiger partial charge in [0.15, 0.2) is 0 Å². The number of nitrogens with one attached hydrogen (secondary N) is 1. The highest BCUT2D eigenvalue weighted by molar-refractivity contribution is 5.86. The molecule has 2 aromatic rings. The largest absolute Gasteiger partial charge is 0.497 e. The number of fused-ring (bicyclic) bond motifs is 3. The summed E-state index contributed by atoms with van der Waals surface area (Å²) in [6.07, 6.45) is -3.43. The molecule has 0 spiro atoms. The molecule has 1 heterocycles. The van der Waals surface area contributed by atoms with Crippen molar-refractivity contribution in [1.29, 1.82) is 0 Å². The Hall–Kier alpha value is -1.65. The van der Waals surface area contributed by atoms with Crippen molar-refractivity contribution in [2.45, 2.75) is 25.4 Å². The lowest BCUT2D eigenvalue weighted by atomic mass is 9.86. The fourth-order valence-electron chi connectivity index (χ4n) is 2.80. The van der Waals surface area contributed by atoms with Crippen molar-refractivity contribution in [3.8, 4) is 5.75 Å². The Bertz CT molecular complexity index is 615. The predicted molar refractivity (Wildman–Crippen MR) is 66.4 cm³/mol. The fourth-order valence-corrected chi connectivity index (χ4v) is 2.80. The summed E-state index contributed by atoms with van der Waals surface area (Å²) in [6.45, 7) is 0. The molecule has 0 amide bonds. The summed E-state index contributed by atoms with van der Waals surface area (Å²) in [4.78, 5) is 3.22. The van der Waals surface area contributed by atoms with Crippen LogP contribution in [-0.4, -0.2) is 18.3 Å². The van der Waals surface area contributed by atoms with E-state index in [2.05, 4.69) is 4.98 Å². The van der Waals surface area contributed by atoms with Gasteiger partial charge >= 0.3 is 6.18 Å². The van der Waals surface area contributed by atoms with Gasteiger partial charge in [-0.1, -0.05) is 0 Å². The highest BCUT2D eigenvalue weighted by Crippen LogP contribution is 2.40. The number of methoxy groups -OCH3 is 1. The van der Waals surface area contributed by atoms with Crippen LogP contribution in [0.25, 0.3) is 10.9 Å². The lowest BCUT2D eigenvalue weighted by Crippen LogP contribution is -2.28. The molecule has 19 heavy (non-hydrogen) atoms. The van der Waals surface area contributed by atoms with E-state index in [1.54, 1.807) is 7.11 Å². The molecule has 5 heteroatoms. The molecule has 2 nitrogen and oxygen atoms in total. The standard InChI is InChI=1S/C14H14F3NO/c1-19-9-3-5-13-11(7-9)10-6-8(14(15,16)17)2-4-12(10)18-13/h3,5,7-8,18H,2,4,6H2,1H3. The molecule has 1 unspecified atom stereocenters. The number of aromatic amines is 1. The first kappa shape index (κ1) is 12.4. The van der Waals surface area contributed by atoms with Crippen LogP contribution in [0.4, 0.5) is 13.2 Å². The van der Waals surface area contributed by atoms with E-state index in [0.29, 0.717) is 12.2 Å². The first-order valence-electron chi connectivity index (χ1n) is 6.23. The molecule has 0 radical (unpaired) electrons. The molecule has 0 fully saturated rings. The van der Waals surface area contributed by atoms with E-state index in [-0.39, 0.29) is 12.8 Å². The zero-order chi connectivity index (χ0) is 13.6. The van der Waals surface area contributed by atoms with Crippen LogP contribution in [0.5, 0.6) is 5.75 Å². The average Bonchev–Trinajstić information content (AvgIpc) is 2.74. The summed E-state index contributed by atoms with van der Waals surface area (Å²) in [5, 5.41) is 0.850. The van der Waals surface area contributed by atoms with Crippen LogP contribution in [0.2, 0.25) is 0 Å². The van der Waals surface area contributed by atoms with Gasteiger partial charge in [-0.3, -0.25) is 0 Å². The maximum atomic E-state index is 12.9. The molecule has 102 valence electrons. The number of halogens is 3. The van der Waals surface area contributed by atoms with Crippen molar-refractivity contribution in [2.75, 3.05) is 7.11 Å². The van der Waals surface area contributed by atoms with Crippen molar-refractivity contribution < 1.29 is 17.9 Å². The highest BCUT2D eigenvalue weighted by atomic mass is 19.4. The summed E-state index contributed by atoms with van der Waals surface area (Å²) in [5.74, 6) is -0.561. The molecule has 0 saturated heterocycles. The number of hydrogen-bond donors (Lipinski definition) is 1. The lowest BCUT2D eigenvalue weighted by molar-refractivity contribution is -0.177. The van der Waals surface area contributed by atoms with Crippen molar-refractivity contribution in [1.82, 2.24) is 4.98 Å². The number of rotatable bonds is 1. The number of aromatic nitrogens is 1. The Morgan fingerprint density at radius 2 is 2.11 bits per heavy atom. The SMILES string of the molecule is COc1ccc2[nH]c3c(c2c1)CC(C(F)(F)F)CC3. The summed E-state index contributed by atoms with van der Waals surface area (Å²) in [6, 6.07) is 5.48. The van der Waals surface area contributed by atoms with Gasteiger partial charge in [-0.2, -0.15) is 13.2 Å². The van der Waals surface area contributed by atoms with Gasteiger partial charge in [-0.05, 0) is 43.0 Å². The van der Waals surface area contributed by atoms with Gasteiger partial charge in [0, 0.05) is 16.6 Å². The van der Waals surface area contributed by atoms with E-state index >= 15 is 0 Å². The van der Waals surface area contributed by atoms with E-state index in [0.717, 1.165) is 22.2 Å². The van der Waals surface area contributed by atoms with Gasteiger partial charge in [0.05, 0.1) is 13.0 Å². The van der Waals surface area contributed by atoms with E-state index < -0.39 is 12.1 Å². The van der Waals surface area contributed by atoms with Gasteiger partial charge in [0.25, 0.3) is 0 Å². The van der Waals surface area contributed by atoms with Crippen LogP contribution in [0.15, 0.2) is 18.2 Å². The molecule has 1 aromatic carbocycles. The first-order valence-corrected chi connectivity index (χ1v) is 6.23. The first-order chi connectivity index (χ1) is 8.99. The summed E-state index contributed by atoms with van der Waals surface area (Å²) in [5.41, 5.74) is 2.61. The Morgan fingerprint density at radius 1 is 1.32 bits per heavy atom. The quantitative estimate of drug-likeness (QED) is 0.835. The topological polar surface area (TPSA) is 25.0 Å². The third kappa shape index (κ3) is 2.07. The van der Waals surface area contributed by atoms with Gasteiger partial charge in [-0.15, -0.1) is 0 Å². The second-order valence-corrected chi connectivity index (χ2v) is 4.97. The maximum Gasteiger partial charge on any atom is 0.392 e. The summed E-state index contributed by atoms with van der Waals surface area (Å²) >= 11 is 0. The second kappa shape index (κ2) is 4.18. The molecular formula is C14H14F3NO. The number of ether oxygens (including phenoxy) is 1. The normalized spacial score (nSPS) is 19.5. The average molecular weight is 269 g/mol. The van der Waals surface area contributed by atoms with Crippen LogP contribution >= 0.6 is 0 Å². The highest BCUT2D eigenvalue weighted by Gasteiger charge is 2.41. The minimum atomic E-state index is -4.11. The van der Waals surface area contributed by atoms with Crippen LogP contribution in [0, 0.1) is 5.92 Å². The number of H-pyrrole nitrogens is 1. The fraction of sp³-hybridized carbons (Fsp3) is 0.429. The second-order valence-electron chi connectivity index (χ2n) is 4.97.